The summed E-state index contributed by atoms with van der Waals surface area (Å²) in [6, 6.07) is 7.08. The topological polar surface area (TPSA) is 105 Å². The molecular weight excluding hydrogens is 300 g/mol. The highest BCUT2D eigenvalue weighted by atomic mass is 16.5. The monoisotopic (exact) mass is 322 g/mol. The van der Waals surface area contributed by atoms with Crippen molar-refractivity contribution in [2.24, 2.45) is 0 Å². The lowest BCUT2D eigenvalue weighted by atomic mass is 10.1. The van der Waals surface area contributed by atoms with Gasteiger partial charge in [0.15, 0.2) is 6.04 Å². The second-order valence-corrected chi connectivity index (χ2v) is 5.20. The molecule has 0 bridgehead atoms. The van der Waals surface area contributed by atoms with Gasteiger partial charge in [0, 0.05) is 0 Å². The fourth-order valence-corrected chi connectivity index (χ4v) is 1.92. The standard InChI is InChI=1S/C16H22N2O5/c1-10(15(21)18-14(11(2)19)16(22)23-3)17-13(20)9-12-7-5-4-6-8-12/h4-8,10-11,14,19H,9H2,1-3H3,(H,17,20)(H,18,21). The van der Waals surface area contributed by atoms with E-state index in [1.54, 1.807) is 0 Å². The molecule has 126 valence electrons. The van der Waals surface area contributed by atoms with Crippen molar-refractivity contribution in [1.82, 2.24) is 10.6 Å². The molecule has 2 amide bonds. The Hall–Kier alpha value is -2.41. The zero-order valence-electron chi connectivity index (χ0n) is 13.4. The Morgan fingerprint density at radius 1 is 1.13 bits per heavy atom. The van der Waals surface area contributed by atoms with E-state index in [1.165, 1.54) is 13.8 Å². The molecule has 7 nitrogen and oxygen atoms in total. The van der Waals surface area contributed by atoms with Crippen molar-refractivity contribution < 1.29 is 24.2 Å². The van der Waals surface area contributed by atoms with Crippen LogP contribution in [0.2, 0.25) is 0 Å². The first kappa shape index (κ1) is 18.6. The molecule has 0 saturated heterocycles. The van der Waals surface area contributed by atoms with Crippen LogP contribution >= 0.6 is 0 Å². The molecule has 3 unspecified atom stereocenters. The van der Waals surface area contributed by atoms with E-state index in [9.17, 15) is 19.5 Å². The van der Waals surface area contributed by atoms with Crippen molar-refractivity contribution >= 4 is 17.8 Å². The molecule has 7 heteroatoms. The number of amides is 2. The smallest absolute Gasteiger partial charge is 0.331 e. The van der Waals surface area contributed by atoms with Crippen molar-refractivity contribution in [1.29, 1.82) is 0 Å². The number of aliphatic hydroxyl groups excluding tert-OH is 1. The lowest BCUT2D eigenvalue weighted by molar-refractivity contribution is -0.148. The number of esters is 1. The van der Waals surface area contributed by atoms with E-state index >= 15 is 0 Å². The summed E-state index contributed by atoms with van der Waals surface area (Å²) in [5.74, 6) is -1.65. The largest absolute Gasteiger partial charge is 0.467 e. The Morgan fingerprint density at radius 3 is 2.26 bits per heavy atom. The maximum absolute atomic E-state index is 12.0. The minimum absolute atomic E-state index is 0.148. The minimum Gasteiger partial charge on any atom is -0.467 e. The normalized spacial score (nSPS) is 14.3. The number of hydrogen-bond donors (Lipinski definition) is 3. The summed E-state index contributed by atoms with van der Waals surface area (Å²) in [7, 11) is 1.16. The third-order valence-electron chi connectivity index (χ3n) is 3.21. The van der Waals surface area contributed by atoms with E-state index in [2.05, 4.69) is 15.4 Å². The first-order valence-corrected chi connectivity index (χ1v) is 7.24. The van der Waals surface area contributed by atoms with Crippen LogP contribution in [0.1, 0.15) is 19.4 Å². The number of carbonyl (C=O) groups is 3. The van der Waals surface area contributed by atoms with Gasteiger partial charge in [-0.1, -0.05) is 30.3 Å². The maximum atomic E-state index is 12.0. The molecule has 1 rings (SSSR count). The molecule has 0 spiro atoms. The van der Waals surface area contributed by atoms with Crippen LogP contribution in [0.5, 0.6) is 0 Å². The Kier molecular flexibility index (Phi) is 7.21. The van der Waals surface area contributed by atoms with E-state index in [1.807, 2.05) is 30.3 Å². The summed E-state index contributed by atoms with van der Waals surface area (Å²) in [6.07, 6.45) is -0.964. The highest BCUT2D eigenvalue weighted by Gasteiger charge is 2.28. The molecule has 23 heavy (non-hydrogen) atoms. The summed E-state index contributed by atoms with van der Waals surface area (Å²) in [5.41, 5.74) is 0.828. The van der Waals surface area contributed by atoms with Crippen LogP contribution < -0.4 is 10.6 Å². The van der Waals surface area contributed by atoms with Crippen LogP contribution in [0.3, 0.4) is 0 Å². The average molecular weight is 322 g/mol. The number of ether oxygens (including phenoxy) is 1. The van der Waals surface area contributed by atoms with E-state index in [0.717, 1.165) is 12.7 Å². The van der Waals surface area contributed by atoms with Gasteiger partial charge in [-0.25, -0.2) is 4.79 Å². The summed E-state index contributed by atoms with van der Waals surface area (Å²) in [6.45, 7) is 2.86. The molecule has 3 atom stereocenters. The van der Waals surface area contributed by atoms with Crippen LogP contribution in [0.15, 0.2) is 30.3 Å². The maximum Gasteiger partial charge on any atom is 0.331 e. The molecule has 0 radical (unpaired) electrons. The molecule has 0 aliphatic heterocycles. The fraction of sp³-hybridized carbons (Fsp3) is 0.438. The first-order valence-electron chi connectivity index (χ1n) is 7.24. The van der Waals surface area contributed by atoms with Gasteiger partial charge in [0.05, 0.1) is 19.6 Å². The van der Waals surface area contributed by atoms with Crippen molar-refractivity contribution in [3.05, 3.63) is 35.9 Å². The van der Waals surface area contributed by atoms with Gasteiger partial charge < -0.3 is 20.5 Å². The number of methoxy groups -OCH3 is 1. The predicted molar refractivity (Wildman–Crippen MR) is 83.4 cm³/mol. The molecule has 3 N–H and O–H groups in total. The Balaban J connectivity index is 2.55. The van der Waals surface area contributed by atoms with Gasteiger partial charge >= 0.3 is 5.97 Å². The quantitative estimate of drug-likeness (QED) is 0.602. The van der Waals surface area contributed by atoms with Crippen LogP contribution in [-0.4, -0.2) is 48.2 Å². The lowest BCUT2D eigenvalue weighted by Crippen LogP contribution is -2.54. The molecule has 0 heterocycles. The average Bonchev–Trinajstić information content (AvgIpc) is 2.52. The van der Waals surface area contributed by atoms with E-state index in [4.69, 9.17) is 0 Å². The molecule has 0 aliphatic carbocycles. The number of hydrogen-bond acceptors (Lipinski definition) is 5. The first-order chi connectivity index (χ1) is 10.8. The summed E-state index contributed by atoms with van der Waals surface area (Å²) in [5, 5.41) is 14.4. The SMILES string of the molecule is COC(=O)C(NC(=O)C(C)NC(=O)Cc1ccccc1)C(C)O. The van der Waals surface area contributed by atoms with E-state index < -0.39 is 30.1 Å². The van der Waals surface area contributed by atoms with Gasteiger partial charge in [-0.15, -0.1) is 0 Å². The van der Waals surface area contributed by atoms with Gasteiger partial charge in [-0.3, -0.25) is 9.59 Å². The van der Waals surface area contributed by atoms with Crippen LogP contribution in [0.25, 0.3) is 0 Å². The number of nitrogens with one attached hydrogen (secondary N) is 2. The van der Waals surface area contributed by atoms with Crippen LogP contribution in [0.4, 0.5) is 0 Å². The predicted octanol–water partition coefficient (Wildman–Crippen LogP) is -0.228. The van der Waals surface area contributed by atoms with Gasteiger partial charge in [0.2, 0.25) is 11.8 Å². The van der Waals surface area contributed by atoms with Crippen LogP contribution in [-0.2, 0) is 25.5 Å². The zero-order valence-corrected chi connectivity index (χ0v) is 13.4. The van der Waals surface area contributed by atoms with Crippen molar-refractivity contribution in [3.8, 4) is 0 Å². The molecule has 0 aliphatic rings. The third kappa shape index (κ3) is 6.07. The summed E-state index contributed by atoms with van der Waals surface area (Å²) in [4.78, 5) is 35.4. The summed E-state index contributed by atoms with van der Waals surface area (Å²) < 4.78 is 4.51. The molecule has 0 saturated carbocycles. The molecule has 0 aromatic heterocycles. The Morgan fingerprint density at radius 2 is 1.74 bits per heavy atom. The van der Waals surface area contributed by atoms with Crippen LogP contribution in [0, 0.1) is 0 Å². The summed E-state index contributed by atoms with van der Waals surface area (Å²) >= 11 is 0. The Labute approximate surface area is 135 Å². The van der Waals surface area contributed by atoms with E-state index in [-0.39, 0.29) is 12.3 Å². The zero-order chi connectivity index (χ0) is 17.4. The van der Waals surface area contributed by atoms with Gasteiger partial charge in [-0.05, 0) is 19.4 Å². The number of benzene rings is 1. The fourth-order valence-electron chi connectivity index (χ4n) is 1.92. The number of rotatable bonds is 7. The molecule has 1 aromatic carbocycles. The van der Waals surface area contributed by atoms with Crippen molar-refractivity contribution in [2.75, 3.05) is 7.11 Å². The number of aliphatic hydroxyl groups is 1. The van der Waals surface area contributed by atoms with E-state index in [0.29, 0.717) is 0 Å². The lowest BCUT2D eigenvalue weighted by Gasteiger charge is -2.21. The second kappa shape index (κ2) is 8.89. The van der Waals surface area contributed by atoms with Crippen molar-refractivity contribution in [2.45, 2.75) is 38.5 Å². The van der Waals surface area contributed by atoms with Gasteiger partial charge in [0.1, 0.15) is 6.04 Å². The third-order valence-corrected chi connectivity index (χ3v) is 3.21. The molecule has 0 fully saturated rings. The Bertz CT molecular complexity index is 545. The second-order valence-electron chi connectivity index (χ2n) is 5.20. The minimum atomic E-state index is -1.18. The highest BCUT2D eigenvalue weighted by molar-refractivity contribution is 5.91. The number of carbonyl (C=O) groups excluding carboxylic acids is 3. The highest BCUT2D eigenvalue weighted by Crippen LogP contribution is 2.00. The van der Waals surface area contributed by atoms with Gasteiger partial charge in [-0.2, -0.15) is 0 Å². The van der Waals surface area contributed by atoms with Crippen molar-refractivity contribution in [3.63, 3.8) is 0 Å². The molecular formula is C16H22N2O5. The molecule has 1 aromatic rings. The van der Waals surface area contributed by atoms with Gasteiger partial charge in [0.25, 0.3) is 0 Å².